The van der Waals surface area contributed by atoms with E-state index >= 15 is 0 Å². The van der Waals surface area contributed by atoms with Gasteiger partial charge in [0, 0.05) is 18.7 Å². The molecule has 0 atom stereocenters. The molecule has 1 fully saturated rings. The van der Waals surface area contributed by atoms with Crippen molar-refractivity contribution in [3.8, 4) is 5.75 Å². The molecule has 1 aliphatic rings. The zero-order chi connectivity index (χ0) is 18.2. The van der Waals surface area contributed by atoms with Crippen LogP contribution in [0.1, 0.15) is 47.7 Å². The maximum absolute atomic E-state index is 12.5. The molecule has 0 radical (unpaired) electrons. The topological polar surface area (TPSA) is 41.6 Å². The first-order chi connectivity index (χ1) is 12.8. The van der Waals surface area contributed by atoms with Crippen LogP contribution >= 0.6 is 0 Å². The molecule has 1 N–H and O–H groups in total. The second kappa shape index (κ2) is 9.39. The van der Waals surface area contributed by atoms with Gasteiger partial charge in [0.1, 0.15) is 5.75 Å². The third kappa shape index (κ3) is 5.09. The maximum atomic E-state index is 12.5. The van der Waals surface area contributed by atoms with Crippen LogP contribution in [0.3, 0.4) is 0 Å². The highest BCUT2D eigenvalue weighted by atomic mass is 16.5. The Hall–Kier alpha value is -2.33. The summed E-state index contributed by atoms with van der Waals surface area (Å²) < 4.78 is 5.62. The predicted octanol–water partition coefficient (Wildman–Crippen LogP) is 4.00. The second-order valence-electron chi connectivity index (χ2n) is 6.81. The molecular formula is C22H28N2O2. The van der Waals surface area contributed by atoms with E-state index < -0.39 is 0 Å². The van der Waals surface area contributed by atoms with Gasteiger partial charge < -0.3 is 10.1 Å². The van der Waals surface area contributed by atoms with Gasteiger partial charge in [0.15, 0.2) is 0 Å². The monoisotopic (exact) mass is 352 g/mol. The lowest BCUT2D eigenvalue weighted by atomic mass is 10.1. The first-order valence-corrected chi connectivity index (χ1v) is 9.56. The largest absolute Gasteiger partial charge is 0.494 e. The van der Waals surface area contributed by atoms with Crippen LogP contribution in [-0.4, -0.2) is 30.5 Å². The molecule has 0 aliphatic carbocycles. The number of carbonyl (C=O) groups is 1. The van der Waals surface area contributed by atoms with Crippen molar-refractivity contribution >= 4 is 5.91 Å². The molecule has 0 spiro atoms. The second-order valence-corrected chi connectivity index (χ2v) is 6.81. The molecule has 0 aromatic heterocycles. The van der Waals surface area contributed by atoms with Crippen molar-refractivity contribution in [3.63, 3.8) is 0 Å². The number of nitrogens with zero attached hydrogens (tertiary/aromatic N) is 1. The molecule has 1 aliphatic heterocycles. The number of amides is 1. The Labute approximate surface area is 156 Å². The zero-order valence-electron chi connectivity index (χ0n) is 15.5. The van der Waals surface area contributed by atoms with Crippen molar-refractivity contribution in [1.82, 2.24) is 10.2 Å². The standard InChI is InChI=1S/C22H28N2O2/c1-2-14-26-21-11-7-10-18(15-21)22(25)23-16-19-8-3-4-9-20(19)17-24-12-5-6-13-24/h3-4,7-11,15H,2,5-6,12-14,16-17H2,1H3,(H,23,25). The lowest BCUT2D eigenvalue weighted by molar-refractivity contribution is 0.0950. The average molecular weight is 352 g/mol. The Balaban J connectivity index is 1.61. The number of ether oxygens (including phenoxy) is 1. The molecule has 26 heavy (non-hydrogen) atoms. The normalized spacial score (nSPS) is 14.3. The van der Waals surface area contributed by atoms with Crippen LogP contribution in [0.4, 0.5) is 0 Å². The Morgan fingerprint density at radius 2 is 1.85 bits per heavy atom. The first kappa shape index (κ1) is 18.5. The summed E-state index contributed by atoms with van der Waals surface area (Å²) in [5.41, 5.74) is 3.12. The van der Waals surface area contributed by atoms with E-state index in [1.807, 2.05) is 24.3 Å². The molecule has 3 rings (SSSR count). The smallest absolute Gasteiger partial charge is 0.251 e. The van der Waals surface area contributed by atoms with Crippen molar-refractivity contribution in [1.29, 1.82) is 0 Å². The number of hydrogen-bond acceptors (Lipinski definition) is 3. The lowest BCUT2D eigenvalue weighted by Gasteiger charge is -2.17. The molecule has 0 bridgehead atoms. The van der Waals surface area contributed by atoms with E-state index in [-0.39, 0.29) is 5.91 Å². The molecule has 0 saturated carbocycles. The molecule has 2 aromatic rings. The minimum atomic E-state index is -0.0667. The van der Waals surface area contributed by atoms with E-state index in [0.29, 0.717) is 18.7 Å². The molecule has 1 heterocycles. The fraction of sp³-hybridized carbons (Fsp3) is 0.409. The van der Waals surface area contributed by atoms with E-state index in [1.165, 1.54) is 37.1 Å². The maximum Gasteiger partial charge on any atom is 0.251 e. The summed E-state index contributed by atoms with van der Waals surface area (Å²) in [4.78, 5) is 15.0. The quantitative estimate of drug-likeness (QED) is 0.781. The average Bonchev–Trinajstić information content (AvgIpc) is 3.19. The van der Waals surface area contributed by atoms with Crippen LogP contribution in [0.25, 0.3) is 0 Å². The Kier molecular flexibility index (Phi) is 6.67. The predicted molar refractivity (Wildman–Crippen MR) is 104 cm³/mol. The van der Waals surface area contributed by atoms with Gasteiger partial charge in [0.05, 0.1) is 6.61 Å². The van der Waals surface area contributed by atoms with Crippen molar-refractivity contribution in [2.75, 3.05) is 19.7 Å². The summed E-state index contributed by atoms with van der Waals surface area (Å²) in [6.45, 7) is 6.58. The first-order valence-electron chi connectivity index (χ1n) is 9.56. The van der Waals surface area contributed by atoms with Gasteiger partial charge in [-0.3, -0.25) is 9.69 Å². The number of hydrogen-bond donors (Lipinski definition) is 1. The summed E-state index contributed by atoms with van der Waals surface area (Å²) in [7, 11) is 0. The van der Waals surface area contributed by atoms with Gasteiger partial charge in [0.25, 0.3) is 5.91 Å². The highest BCUT2D eigenvalue weighted by molar-refractivity contribution is 5.94. The van der Waals surface area contributed by atoms with Gasteiger partial charge in [-0.1, -0.05) is 37.3 Å². The SMILES string of the molecule is CCCOc1cccc(C(=O)NCc2ccccc2CN2CCCC2)c1. The summed E-state index contributed by atoms with van der Waals surface area (Å²) in [6, 6.07) is 15.8. The van der Waals surface area contributed by atoms with Crippen molar-refractivity contribution in [3.05, 3.63) is 65.2 Å². The minimum absolute atomic E-state index is 0.0667. The number of benzene rings is 2. The van der Waals surface area contributed by atoms with Gasteiger partial charge in [0.2, 0.25) is 0 Å². The molecule has 4 nitrogen and oxygen atoms in total. The number of likely N-dealkylation sites (tertiary alicyclic amines) is 1. The van der Waals surface area contributed by atoms with E-state index in [9.17, 15) is 4.79 Å². The summed E-state index contributed by atoms with van der Waals surface area (Å²) in [5, 5.41) is 3.05. The highest BCUT2D eigenvalue weighted by Gasteiger charge is 2.14. The molecule has 138 valence electrons. The van der Waals surface area contributed by atoms with Gasteiger partial charge in [-0.05, 0) is 61.7 Å². The van der Waals surface area contributed by atoms with Crippen molar-refractivity contribution < 1.29 is 9.53 Å². The molecule has 4 heteroatoms. The van der Waals surface area contributed by atoms with Crippen LogP contribution in [-0.2, 0) is 13.1 Å². The molecule has 2 aromatic carbocycles. The number of carbonyl (C=O) groups excluding carboxylic acids is 1. The number of rotatable bonds is 8. The van der Waals surface area contributed by atoms with Gasteiger partial charge in [-0.2, -0.15) is 0 Å². The lowest BCUT2D eigenvalue weighted by Crippen LogP contribution is -2.25. The van der Waals surface area contributed by atoms with E-state index in [0.717, 1.165) is 18.7 Å². The molecular weight excluding hydrogens is 324 g/mol. The fourth-order valence-corrected chi connectivity index (χ4v) is 3.29. The summed E-state index contributed by atoms with van der Waals surface area (Å²) >= 11 is 0. The summed E-state index contributed by atoms with van der Waals surface area (Å²) in [5.74, 6) is 0.678. The number of nitrogens with one attached hydrogen (secondary N) is 1. The molecule has 1 saturated heterocycles. The third-order valence-corrected chi connectivity index (χ3v) is 4.72. The van der Waals surface area contributed by atoms with Crippen LogP contribution < -0.4 is 10.1 Å². The zero-order valence-corrected chi connectivity index (χ0v) is 15.5. The fourth-order valence-electron chi connectivity index (χ4n) is 3.29. The van der Waals surface area contributed by atoms with Crippen molar-refractivity contribution in [2.24, 2.45) is 0 Å². The van der Waals surface area contributed by atoms with Crippen LogP contribution in [0.2, 0.25) is 0 Å². The van der Waals surface area contributed by atoms with E-state index in [1.54, 1.807) is 6.07 Å². The molecule has 1 amide bonds. The van der Waals surface area contributed by atoms with Crippen LogP contribution in [0.15, 0.2) is 48.5 Å². The van der Waals surface area contributed by atoms with Crippen molar-refractivity contribution in [2.45, 2.75) is 39.3 Å². The summed E-state index contributed by atoms with van der Waals surface area (Å²) in [6.07, 6.45) is 3.52. The van der Waals surface area contributed by atoms with Gasteiger partial charge in [-0.25, -0.2) is 0 Å². The van der Waals surface area contributed by atoms with Crippen LogP contribution in [0.5, 0.6) is 5.75 Å². The van der Waals surface area contributed by atoms with Gasteiger partial charge >= 0.3 is 0 Å². The minimum Gasteiger partial charge on any atom is -0.494 e. The van der Waals surface area contributed by atoms with E-state index in [4.69, 9.17) is 4.74 Å². The Morgan fingerprint density at radius 1 is 1.08 bits per heavy atom. The Morgan fingerprint density at radius 3 is 2.62 bits per heavy atom. The van der Waals surface area contributed by atoms with Crippen LogP contribution in [0, 0.1) is 0 Å². The molecule has 0 unspecified atom stereocenters. The van der Waals surface area contributed by atoms with E-state index in [2.05, 4.69) is 35.3 Å². The third-order valence-electron chi connectivity index (χ3n) is 4.72. The Bertz CT molecular complexity index is 724. The highest BCUT2D eigenvalue weighted by Crippen LogP contribution is 2.17. The van der Waals surface area contributed by atoms with Gasteiger partial charge in [-0.15, -0.1) is 0 Å².